The molecule has 0 spiro atoms. The van der Waals surface area contributed by atoms with Crippen LogP contribution < -0.4 is 4.72 Å². The predicted molar refractivity (Wildman–Crippen MR) is 61.4 cm³/mol. The van der Waals surface area contributed by atoms with Crippen molar-refractivity contribution in [3.8, 4) is 0 Å². The summed E-state index contributed by atoms with van der Waals surface area (Å²) in [5, 5.41) is 8.97. The molecule has 1 aromatic heterocycles. The Balaban J connectivity index is 2.87. The van der Waals surface area contributed by atoms with Crippen molar-refractivity contribution in [3.05, 3.63) is 9.48 Å². The van der Waals surface area contributed by atoms with E-state index in [2.05, 4.69) is 25.6 Å². The van der Waals surface area contributed by atoms with Crippen molar-refractivity contribution >= 4 is 37.3 Å². The Morgan fingerprint density at radius 1 is 1.67 bits per heavy atom. The van der Waals surface area contributed by atoms with E-state index < -0.39 is 16.1 Å². The smallest absolute Gasteiger partial charge is 0.268 e. The molecule has 15 heavy (non-hydrogen) atoms. The van der Waals surface area contributed by atoms with Gasteiger partial charge in [-0.15, -0.1) is 0 Å². The summed E-state index contributed by atoms with van der Waals surface area (Å²) in [5.41, 5.74) is 0.637. The maximum atomic E-state index is 11.6. The van der Waals surface area contributed by atoms with Gasteiger partial charge in [0.2, 0.25) is 4.34 Å². The number of nitrogens with zero attached hydrogens (tertiary/aromatic N) is 1. The fourth-order valence-electron chi connectivity index (χ4n) is 0.761. The third-order valence-corrected chi connectivity index (χ3v) is 5.32. The summed E-state index contributed by atoms with van der Waals surface area (Å²) in [4.78, 5) is 3.90. The van der Waals surface area contributed by atoms with Crippen LogP contribution in [0.2, 0.25) is 0 Å². The van der Waals surface area contributed by atoms with Crippen molar-refractivity contribution in [2.45, 2.75) is 24.3 Å². The van der Waals surface area contributed by atoms with Crippen LogP contribution in [0, 0.1) is 6.92 Å². The molecule has 0 aliphatic rings. The number of aliphatic hydroxyl groups excluding tert-OH is 1. The lowest BCUT2D eigenvalue weighted by molar-refractivity contribution is 0.198. The predicted octanol–water partition coefficient (Wildman–Crippen LogP) is 0.873. The molecule has 0 aliphatic carbocycles. The molecule has 0 saturated carbocycles. The molecule has 8 heteroatoms. The number of halogens is 1. The average molecular weight is 315 g/mol. The maximum absolute atomic E-state index is 11.6. The summed E-state index contributed by atoms with van der Waals surface area (Å²) in [6.45, 7) is 3.21. The highest BCUT2D eigenvalue weighted by molar-refractivity contribution is 9.11. The zero-order valence-corrected chi connectivity index (χ0v) is 11.4. The molecule has 1 aromatic rings. The molecular formula is C7H11BrN2O3S2. The lowest BCUT2D eigenvalue weighted by Gasteiger charge is -2.05. The minimum absolute atomic E-state index is 0.00697. The minimum Gasteiger partial charge on any atom is -0.392 e. The second-order valence-electron chi connectivity index (χ2n) is 3.04. The SMILES string of the molecule is Cc1nc(S(=O)(=O)NCC(C)O)sc1Br. The lowest BCUT2D eigenvalue weighted by atomic mass is 10.4. The van der Waals surface area contributed by atoms with Crippen LogP contribution >= 0.6 is 27.3 Å². The van der Waals surface area contributed by atoms with Gasteiger partial charge in [-0.25, -0.2) is 18.1 Å². The van der Waals surface area contributed by atoms with E-state index >= 15 is 0 Å². The standard InChI is InChI=1S/C7H11BrN2O3S2/c1-4(11)3-9-15(12,13)7-10-5(2)6(8)14-7/h4,9,11H,3H2,1-2H3. The summed E-state index contributed by atoms with van der Waals surface area (Å²) in [6, 6.07) is 0. The molecule has 0 amide bonds. The monoisotopic (exact) mass is 314 g/mol. The Bertz CT molecular complexity index is 422. The number of sulfonamides is 1. The summed E-state index contributed by atoms with van der Waals surface area (Å²) < 4.78 is 26.2. The third kappa shape index (κ3) is 3.49. The van der Waals surface area contributed by atoms with Gasteiger partial charge in [0.25, 0.3) is 10.0 Å². The largest absolute Gasteiger partial charge is 0.392 e. The van der Waals surface area contributed by atoms with Crippen LogP contribution in [0.15, 0.2) is 8.13 Å². The molecule has 5 nitrogen and oxygen atoms in total. The molecule has 0 aliphatic heterocycles. The molecule has 0 radical (unpaired) electrons. The summed E-state index contributed by atoms with van der Waals surface area (Å²) in [7, 11) is -3.59. The number of aliphatic hydroxyl groups is 1. The van der Waals surface area contributed by atoms with Gasteiger partial charge in [0.1, 0.15) is 0 Å². The fraction of sp³-hybridized carbons (Fsp3) is 0.571. The van der Waals surface area contributed by atoms with Crippen molar-refractivity contribution in [1.82, 2.24) is 9.71 Å². The number of hydrogen-bond acceptors (Lipinski definition) is 5. The van der Waals surface area contributed by atoms with Crippen molar-refractivity contribution in [2.24, 2.45) is 0 Å². The number of aromatic nitrogens is 1. The van der Waals surface area contributed by atoms with Gasteiger partial charge in [-0.3, -0.25) is 0 Å². The molecule has 0 aromatic carbocycles. The highest BCUT2D eigenvalue weighted by atomic mass is 79.9. The average Bonchev–Trinajstić information content (AvgIpc) is 2.45. The Morgan fingerprint density at radius 3 is 2.67 bits per heavy atom. The van der Waals surface area contributed by atoms with Gasteiger partial charge in [0, 0.05) is 6.54 Å². The number of hydrogen-bond donors (Lipinski definition) is 2. The van der Waals surface area contributed by atoms with Gasteiger partial charge >= 0.3 is 0 Å². The molecule has 0 bridgehead atoms. The van der Waals surface area contributed by atoms with Crippen LogP contribution in [-0.4, -0.2) is 31.2 Å². The van der Waals surface area contributed by atoms with Gasteiger partial charge in [-0.05, 0) is 29.8 Å². The molecule has 1 heterocycles. The Hall–Kier alpha value is -0.0200. The summed E-state index contributed by atoms with van der Waals surface area (Å²) in [5.74, 6) is 0. The van der Waals surface area contributed by atoms with Crippen molar-refractivity contribution in [1.29, 1.82) is 0 Å². The first-order valence-electron chi connectivity index (χ1n) is 4.13. The molecule has 86 valence electrons. The fourth-order valence-corrected chi connectivity index (χ4v) is 3.87. The van der Waals surface area contributed by atoms with E-state index in [-0.39, 0.29) is 10.9 Å². The zero-order valence-electron chi connectivity index (χ0n) is 8.19. The molecule has 1 atom stereocenters. The van der Waals surface area contributed by atoms with Crippen LogP contribution in [0.25, 0.3) is 0 Å². The molecular weight excluding hydrogens is 304 g/mol. The molecule has 0 fully saturated rings. The van der Waals surface area contributed by atoms with E-state index in [4.69, 9.17) is 5.11 Å². The van der Waals surface area contributed by atoms with E-state index in [9.17, 15) is 8.42 Å². The molecule has 2 N–H and O–H groups in total. The number of rotatable bonds is 4. The van der Waals surface area contributed by atoms with Crippen LogP contribution in [-0.2, 0) is 10.0 Å². The van der Waals surface area contributed by atoms with E-state index in [1.807, 2.05) is 0 Å². The van der Waals surface area contributed by atoms with E-state index in [1.165, 1.54) is 6.92 Å². The zero-order chi connectivity index (χ0) is 11.6. The lowest BCUT2D eigenvalue weighted by Crippen LogP contribution is -2.30. The van der Waals surface area contributed by atoms with Gasteiger partial charge < -0.3 is 5.11 Å². The number of nitrogens with one attached hydrogen (secondary N) is 1. The maximum Gasteiger partial charge on any atom is 0.268 e. The van der Waals surface area contributed by atoms with Crippen LogP contribution in [0.1, 0.15) is 12.6 Å². The number of aryl methyl sites for hydroxylation is 1. The first-order chi connectivity index (χ1) is 6.83. The molecule has 1 unspecified atom stereocenters. The first-order valence-corrected chi connectivity index (χ1v) is 7.23. The van der Waals surface area contributed by atoms with Gasteiger partial charge in [-0.1, -0.05) is 11.3 Å². The van der Waals surface area contributed by atoms with Crippen LogP contribution in [0.5, 0.6) is 0 Å². The van der Waals surface area contributed by atoms with Gasteiger partial charge in [0.15, 0.2) is 0 Å². The number of thiazole rings is 1. The van der Waals surface area contributed by atoms with Crippen LogP contribution in [0.3, 0.4) is 0 Å². The van der Waals surface area contributed by atoms with E-state index in [1.54, 1.807) is 6.92 Å². The Kier molecular flexibility index (Phi) is 4.24. The normalized spacial score (nSPS) is 14.1. The van der Waals surface area contributed by atoms with Crippen molar-refractivity contribution < 1.29 is 13.5 Å². The summed E-state index contributed by atoms with van der Waals surface area (Å²) >= 11 is 4.25. The van der Waals surface area contributed by atoms with Crippen molar-refractivity contribution in [2.75, 3.05) is 6.54 Å². The Morgan fingerprint density at radius 2 is 2.27 bits per heavy atom. The highest BCUT2D eigenvalue weighted by Crippen LogP contribution is 2.26. The van der Waals surface area contributed by atoms with Gasteiger partial charge in [-0.2, -0.15) is 0 Å². The first kappa shape index (κ1) is 13.0. The third-order valence-electron chi connectivity index (χ3n) is 1.52. The molecule has 1 rings (SSSR count). The highest BCUT2D eigenvalue weighted by Gasteiger charge is 2.20. The van der Waals surface area contributed by atoms with Gasteiger partial charge in [0.05, 0.1) is 15.6 Å². The Labute approximate surface area is 101 Å². The molecule has 0 saturated heterocycles. The second-order valence-corrected chi connectivity index (χ2v) is 7.30. The quantitative estimate of drug-likeness (QED) is 0.864. The van der Waals surface area contributed by atoms with Crippen LogP contribution in [0.4, 0.5) is 0 Å². The topological polar surface area (TPSA) is 79.3 Å². The summed E-state index contributed by atoms with van der Waals surface area (Å²) in [6.07, 6.45) is -0.718. The van der Waals surface area contributed by atoms with E-state index in [0.29, 0.717) is 9.48 Å². The second kappa shape index (κ2) is 4.88. The van der Waals surface area contributed by atoms with E-state index in [0.717, 1.165) is 11.3 Å². The van der Waals surface area contributed by atoms with Crippen molar-refractivity contribution in [3.63, 3.8) is 0 Å². The minimum atomic E-state index is -3.59.